The molecule has 2 aliphatic rings. The summed E-state index contributed by atoms with van der Waals surface area (Å²) in [7, 11) is 2.10. The molecular formula is C13H25NO. The molecule has 2 aliphatic carbocycles. The number of unbranched alkanes of at least 4 members (excludes halogenated alkanes) is 1. The van der Waals surface area contributed by atoms with Crippen LogP contribution in [0.1, 0.15) is 51.9 Å². The number of hydrogen-bond donors (Lipinski definition) is 1. The van der Waals surface area contributed by atoms with Crippen LogP contribution in [0.15, 0.2) is 0 Å². The van der Waals surface area contributed by atoms with Crippen molar-refractivity contribution in [3.05, 3.63) is 0 Å². The second kappa shape index (κ2) is 4.84. The van der Waals surface area contributed by atoms with Gasteiger partial charge in [-0.05, 0) is 32.7 Å². The number of hydrogen-bond acceptors (Lipinski definition) is 2. The molecule has 0 saturated heterocycles. The van der Waals surface area contributed by atoms with Crippen LogP contribution in [0.3, 0.4) is 0 Å². The smallest absolute Gasteiger partial charge is 0.0661 e. The highest BCUT2D eigenvalue weighted by atomic mass is 16.5. The topological polar surface area (TPSA) is 21.3 Å². The molecule has 1 N–H and O–H groups in total. The number of ether oxygens (including phenoxy) is 1. The Bertz CT molecular complexity index is 199. The lowest BCUT2D eigenvalue weighted by Crippen LogP contribution is -2.61. The molecule has 0 aromatic heterocycles. The molecule has 0 bridgehead atoms. The first-order valence-electron chi connectivity index (χ1n) is 6.62. The fourth-order valence-electron chi connectivity index (χ4n) is 3.46. The van der Waals surface area contributed by atoms with E-state index in [1.165, 1.54) is 44.9 Å². The summed E-state index contributed by atoms with van der Waals surface area (Å²) >= 11 is 0. The van der Waals surface area contributed by atoms with E-state index < -0.39 is 0 Å². The van der Waals surface area contributed by atoms with Gasteiger partial charge in [-0.1, -0.05) is 26.2 Å². The Labute approximate surface area is 93.8 Å². The maximum atomic E-state index is 6.05. The van der Waals surface area contributed by atoms with E-state index in [1.807, 2.05) is 0 Å². The molecule has 2 nitrogen and oxygen atoms in total. The molecule has 1 spiro atoms. The Morgan fingerprint density at radius 1 is 1.33 bits per heavy atom. The molecule has 0 aliphatic heterocycles. The van der Waals surface area contributed by atoms with Crippen LogP contribution in [0.2, 0.25) is 0 Å². The molecule has 2 unspecified atom stereocenters. The Kier molecular flexibility index (Phi) is 3.68. The third kappa shape index (κ3) is 1.94. The van der Waals surface area contributed by atoms with Crippen molar-refractivity contribution in [3.63, 3.8) is 0 Å². The quantitative estimate of drug-likeness (QED) is 0.706. The molecule has 0 amide bonds. The van der Waals surface area contributed by atoms with Gasteiger partial charge in [0.15, 0.2) is 0 Å². The molecule has 2 fully saturated rings. The number of nitrogens with one attached hydrogen (secondary N) is 1. The molecule has 0 radical (unpaired) electrons. The molecule has 88 valence electrons. The molecule has 2 atom stereocenters. The summed E-state index contributed by atoms with van der Waals surface area (Å²) in [5.41, 5.74) is 0.516. The third-order valence-electron chi connectivity index (χ3n) is 4.48. The molecule has 0 heterocycles. The predicted molar refractivity (Wildman–Crippen MR) is 63.0 cm³/mol. The van der Waals surface area contributed by atoms with Crippen LogP contribution in [-0.2, 0) is 4.74 Å². The van der Waals surface area contributed by atoms with E-state index in [1.54, 1.807) is 0 Å². The first-order valence-corrected chi connectivity index (χ1v) is 6.62. The summed E-state index contributed by atoms with van der Waals surface area (Å²) in [5, 5.41) is 3.47. The van der Waals surface area contributed by atoms with Gasteiger partial charge in [-0.15, -0.1) is 0 Å². The van der Waals surface area contributed by atoms with Gasteiger partial charge in [-0.3, -0.25) is 0 Å². The lowest BCUT2D eigenvalue weighted by atomic mass is 9.60. The van der Waals surface area contributed by atoms with Crippen LogP contribution in [0.25, 0.3) is 0 Å². The van der Waals surface area contributed by atoms with Crippen LogP contribution in [0, 0.1) is 5.41 Å². The van der Waals surface area contributed by atoms with Crippen molar-refractivity contribution >= 4 is 0 Å². The van der Waals surface area contributed by atoms with Crippen LogP contribution in [0.4, 0.5) is 0 Å². The highest BCUT2D eigenvalue weighted by molar-refractivity contribution is 5.09. The minimum Gasteiger partial charge on any atom is -0.378 e. The average Bonchev–Trinajstić information content (AvgIpc) is 2.74. The Balaban J connectivity index is 1.85. The SMILES string of the molecule is CCCCOC1CC(NC)C12CCCC2. The van der Waals surface area contributed by atoms with Crippen molar-refractivity contribution < 1.29 is 4.74 Å². The Hall–Kier alpha value is -0.0800. The largest absolute Gasteiger partial charge is 0.378 e. The predicted octanol–water partition coefficient (Wildman–Crippen LogP) is 2.72. The van der Waals surface area contributed by atoms with E-state index in [4.69, 9.17) is 4.74 Å². The van der Waals surface area contributed by atoms with Gasteiger partial charge in [-0.2, -0.15) is 0 Å². The zero-order valence-electron chi connectivity index (χ0n) is 10.2. The molecule has 0 aromatic rings. The molecule has 2 rings (SSSR count). The minimum absolute atomic E-state index is 0.516. The zero-order chi connectivity index (χ0) is 10.7. The second-order valence-electron chi connectivity index (χ2n) is 5.23. The van der Waals surface area contributed by atoms with E-state index in [0.717, 1.165) is 12.6 Å². The summed E-state index contributed by atoms with van der Waals surface area (Å²) in [6.07, 6.45) is 9.85. The van der Waals surface area contributed by atoms with Gasteiger partial charge in [0.05, 0.1) is 6.10 Å². The minimum atomic E-state index is 0.516. The van der Waals surface area contributed by atoms with Gasteiger partial charge in [0.1, 0.15) is 0 Å². The van der Waals surface area contributed by atoms with Crippen molar-refractivity contribution in [3.8, 4) is 0 Å². The summed E-state index contributed by atoms with van der Waals surface area (Å²) < 4.78 is 6.05. The van der Waals surface area contributed by atoms with Crippen LogP contribution in [0.5, 0.6) is 0 Å². The van der Waals surface area contributed by atoms with E-state index in [2.05, 4.69) is 19.3 Å². The fraction of sp³-hybridized carbons (Fsp3) is 1.00. The first-order chi connectivity index (χ1) is 7.33. The van der Waals surface area contributed by atoms with Crippen LogP contribution >= 0.6 is 0 Å². The van der Waals surface area contributed by atoms with Crippen LogP contribution < -0.4 is 5.32 Å². The maximum Gasteiger partial charge on any atom is 0.0661 e. The lowest BCUT2D eigenvalue weighted by molar-refractivity contribution is -0.132. The van der Waals surface area contributed by atoms with Gasteiger partial charge in [0, 0.05) is 18.1 Å². The highest BCUT2D eigenvalue weighted by Crippen LogP contribution is 2.54. The van der Waals surface area contributed by atoms with E-state index in [-0.39, 0.29) is 0 Å². The standard InChI is InChI=1S/C13H25NO/c1-3-4-9-15-12-10-11(14-2)13(12)7-5-6-8-13/h11-12,14H,3-10H2,1-2H3. The van der Waals surface area contributed by atoms with Crippen LogP contribution in [-0.4, -0.2) is 25.8 Å². The normalized spacial score (nSPS) is 33.2. The maximum absolute atomic E-state index is 6.05. The molecular weight excluding hydrogens is 186 g/mol. The van der Waals surface area contributed by atoms with Gasteiger partial charge in [-0.25, -0.2) is 0 Å². The third-order valence-corrected chi connectivity index (χ3v) is 4.48. The summed E-state index contributed by atoms with van der Waals surface area (Å²) in [4.78, 5) is 0. The monoisotopic (exact) mass is 211 g/mol. The highest BCUT2D eigenvalue weighted by Gasteiger charge is 2.55. The Morgan fingerprint density at radius 3 is 2.67 bits per heavy atom. The zero-order valence-corrected chi connectivity index (χ0v) is 10.2. The molecule has 0 aromatic carbocycles. The van der Waals surface area contributed by atoms with E-state index in [0.29, 0.717) is 11.5 Å². The number of rotatable bonds is 5. The van der Waals surface area contributed by atoms with E-state index >= 15 is 0 Å². The summed E-state index contributed by atoms with van der Waals surface area (Å²) in [6, 6.07) is 0.728. The van der Waals surface area contributed by atoms with Gasteiger partial charge < -0.3 is 10.1 Å². The second-order valence-corrected chi connectivity index (χ2v) is 5.23. The summed E-state index contributed by atoms with van der Waals surface area (Å²) in [5.74, 6) is 0. The van der Waals surface area contributed by atoms with Crippen molar-refractivity contribution in [1.29, 1.82) is 0 Å². The van der Waals surface area contributed by atoms with Crippen molar-refractivity contribution in [2.24, 2.45) is 5.41 Å². The molecule has 2 saturated carbocycles. The molecule has 15 heavy (non-hydrogen) atoms. The van der Waals surface area contributed by atoms with Gasteiger partial charge >= 0.3 is 0 Å². The Morgan fingerprint density at radius 2 is 2.07 bits per heavy atom. The average molecular weight is 211 g/mol. The van der Waals surface area contributed by atoms with Crippen molar-refractivity contribution in [1.82, 2.24) is 5.32 Å². The van der Waals surface area contributed by atoms with Gasteiger partial charge in [0.2, 0.25) is 0 Å². The first kappa shape index (κ1) is 11.4. The van der Waals surface area contributed by atoms with Crippen molar-refractivity contribution in [2.75, 3.05) is 13.7 Å². The molecule has 2 heteroatoms. The van der Waals surface area contributed by atoms with Crippen molar-refractivity contribution in [2.45, 2.75) is 64.0 Å². The van der Waals surface area contributed by atoms with E-state index in [9.17, 15) is 0 Å². The summed E-state index contributed by atoms with van der Waals surface area (Å²) in [6.45, 7) is 3.20. The lowest BCUT2D eigenvalue weighted by Gasteiger charge is -2.54. The fourth-order valence-corrected chi connectivity index (χ4v) is 3.46. The van der Waals surface area contributed by atoms with Gasteiger partial charge in [0.25, 0.3) is 0 Å².